The summed E-state index contributed by atoms with van der Waals surface area (Å²) in [6, 6.07) is 13.2. The SMILES string of the molecule is COc1ccc(O[C@H](C)C(=O)Nc2ccc(S(=O)(=O)N3CCCCC3)cc2)cc1. The lowest BCUT2D eigenvalue weighted by Crippen LogP contribution is -2.35. The van der Waals surface area contributed by atoms with Crippen LogP contribution in [0.5, 0.6) is 11.5 Å². The van der Waals surface area contributed by atoms with Gasteiger partial charge in [-0.05, 0) is 68.3 Å². The van der Waals surface area contributed by atoms with Gasteiger partial charge in [-0.2, -0.15) is 4.31 Å². The lowest BCUT2D eigenvalue weighted by molar-refractivity contribution is -0.122. The van der Waals surface area contributed by atoms with Gasteiger partial charge in [0.2, 0.25) is 10.0 Å². The van der Waals surface area contributed by atoms with Crippen molar-refractivity contribution in [3.05, 3.63) is 48.5 Å². The Morgan fingerprint density at radius 1 is 0.966 bits per heavy atom. The van der Waals surface area contributed by atoms with Crippen molar-refractivity contribution in [3.63, 3.8) is 0 Å². The van der Waals surface area contributed by atoms with E-state index in [0.29, 0.717) is 30.3 Å². The number of sulfonamides is 1. The minimum atomic E-state index is -3.48. The Morgan fingerprint density at radius 2 is 1.55 bits per heavy atom. The number of hydrogen-bond acceptors (Lipinski definition) is 5. The van der Waals surface area contributed by atoms with E-state index in [9.17, 15) is 13.2 Å². The Kier molecular flexibility index (Phi) is 6.76. The van der Waals surface area contributed by atoms with Crippen LogP contribution in [0, 0.1) is 0 Å². The van der Waals surface area contributed by atoms with Crippen molar-refractivity contribution >= 4 is 21.6 Å². The first-order chi connectivity index (χ1) is 13.9. The number of anilines is 1. The van der Waals surface area contributed by atoms with Crippen LogP contribution >= 0.6 is 0 Å². The van der Waals surface area contributed by atoms with Crippen molar-refractivity contribution in [3.8, 4) is 11.5 Å². The van der Waals surface area contributed by atoms with Crippen LogP contribution in [-0.4, -0.2) is 44.9 Å². The van der Waals surface area contributed by atoms with Gasteiger partial charge in [-0.25, -0.2) is 8.42 Å². The molecular formula is C21H26N2O5S. The van der Waals surface area contributed by atoms with Gasteiger partial charge in [-0.3, -0.25) is 4.79 Å². The Hall–Kier alpha value is -2.58. The zero-order valence-corrected chi connectivity index (χ0v) is 17.4. The number of hydrogen-bond donors (Lipinski definition) is 1. The smallest absolute Gasteiger partial charge is 0.265 e. The fourth-order valence-electron chi connectivity index (χ4n) is 3.12. The average Bonchev–Trinajstić information content (AvgIpc) is 2.75. The van der Waals surface area contributed by atoms with Crippen LogP contribution in [-0.2, 0) is 14.8 Å². The van der Waals surface area contributed by atoms with Gasteiger partial charge in [0.25, 0.3) is 5.91 Å². The van der Waals surface area contributed by atoms with E-state index in [4.69, 9.17) is 9.47 Å². The van der Waals surface area contributed by atoms with Crippen molar-refractivity contribution in [2.24, 2.45) is 0 Å². The predicted molar refractivity (Wildman–Crippen MR) is 111 cm³/mol. The van der Waals surface area contributed by atoms with Gasteiger partial charge in [0.05, 0.1) is 12.0 Å². The third kappa shape index (κ3) is 5.27. The summed E-state index contributed by atoms with van der Waals surface area (Å²) in [7, 11) is -1.91. The molecule has 29 heavy (non-hydrogen) atoms. The number of nitrogens with zero attached hydrogens (tertiary/aromatic N) is 1. The molecule has 0 bridgehead atoms. The number of nitrogens with one attached hydrogen (secondary N) is 1. The standard InChI is InChI=1S/C21H26N2O5S/c1-16(28-19-10-8-18(27-2)9-11-19)21(24)22-17-6-12-20(13-7-17)29(25,26)23-14-4-3-5-15-23/h6-13,16H,3-5,14-15H2,1-2H3,(H,22,24)/t16-/m1/s1. The Bertz CT molecular complexity index is 921. The highest BCUT2D eigenvalue weighted by Crippen LogP contribution is 2.22. The largest absolute Gasteiger partial charge is 0.497 e. The molecule has 2 aromatic carbocycles. The normalized spacial score (nSPS) is 16.1. The molecule has 8 heteroatoms. The molecule has 1 atom stereocenters. The summed E-state index contributed by atoms with van der Waals surface area (Å²) in [6.07, 6.45) is 2.12. The molecule has 1 aliphatic rings. The number of carbonyl (C=O) groups excluding carboxylic acids is 1. The minimum absolute atomic E-state index is 0.236. The number of methoxy groups -OCH3 is 1. The molecule has 0 radical (unpaired) electrons. The topological polar surface area (TPSA) is 84.9 Å². The highest BCUT2D eigenvalue weighted by molar-refractivity contribution is 7.89. The Morgan fingerprint density at radius 3 is 2.14 bits per heavy atom. The van der Waals surface area contributed by atoms with Crippen LogP contribution in [0.3, 0.4) is 0 Å². The Labute approximate surface area is 171 Å². The summed E-state index contributed by atoms with van der Waals surface area (Å²) in [4.78, 5) is 12.6. The van der Waals surface area contributed by atoms with Crippen LogP contribution in [0.25, 0.3) is 0 Å². The van der Waals surface area contributed by atoms with Gasteiger partial charge in [0.1, 0.15) is 11.5 Å². The maximum Gasteiger partial charge on any atom is 0.265 e. The molecule has 0 unspecified atom stereocenters. The summed E-state index contributed by atoms with van der Waals surface area (Å²) in [5.41, 5.74) is 0.512. The van der Waals surface area contributed by atoms with Crippen molar-refractivity contribution in [1.29, 1.82) is 0 Å². The lowest BCUT2D eigenvalue weighted by Gasteiger charge is -2.25. The third-order valence-corrected chi connectivity index (χ3v) is 6.73. The van der Waals surface area contributed by atoms with E-state index in [2.05, 4.69) is 5.32 Å². The van der Waals surface area contributed by atoms with E-state index in [0.717, 1.165) is 19.3 Å². The van der Waals surface area contributed by atoms with Gasteiger partial charge in [0.15, 0.2) is 6.10 Å². The first-order valence-electron chi connectivity index (χ1n) is 9.62. The zero-order valence-electron chi connectivity index (χ0n) is 16.6. The van der Waals surface area contributed by atoms with Crippen molar-refractivity contribution in [2.75, 3.05) is 25.5 Å². The second-order valence-electron chi connectivity index (χ2n) is 6.91. The molecule has 2 aromatic rings. The number of benzene rings is 2. The monoisotopic (exact) mass is 418 g/mol. The van der Waals surface area contributed by atoms with E-state index in [-0.39, 0.29) is 10.8 Å². The number of rotatable bonds is 7. The summed E-state index contributed by atoms with van der Waals surface area (Å²) in [5.74, 6) is 0.929. The molecule has 0 saturated carbocycles. The molecule has 1 fully saturated rings. The molecule has 1 amide bonds. The van der Waals surface area contributed by atoms with Crippen LogP contribution in [0.15, 0.2) is 53.4 Å². The van der Waals surface area contributed by atoms with E-state index in [1.807, 2.05) is 0 Å². The summed E-state index contributed by atoms with van der Waals surface area (Å²) < 4.78 is 37.6. The van der Waals surface area contributed by atoms with Crippen molar-refractivity contribution in [2.45, 2.75) is 37.2 Å². The van der Waals surface area contributed by atoms with Crippen LogP contribution in [0.1, 0.15) is 26.2 Å². The molecule has 7 nitrogen and oxygen atoms in total. The second-order valence-corrected chi connectivity index (χ2v) is 8.85. The summed E-state index contributed by atoms with van der Waals surface area (Å²) in [6.45, 7) is 2.76. The number of amides is 1. The van der Waals surface area contributed by atoms with Crippen LogP contribution < -0.4 is 14.8 Å². The fourth-order valence-corrected chi connectivity index (χ4v) is 4.64. The lowest BCUT2D eigenvalue weighted by atomic mass is 10.2. The maximum atomic E-state index is 12.7. The maximum absolute atomic E-state index is 12.7. The molecule has 1 heterocycles. The highest BCUT2D eigenvalue weighted by atomic mass is 32.2. The quantitative estimate of drug-likeness (QED) is 0.746. The molecule has 156 valence electrons. The van der Waals surface area contributed by atoms with Crippen LogP contribution in [0.4, 0.5) is 5.69 Å². The molecule has 3 rings (SSSR count). The van der Waals surface area contributed by atoms with Crippen molar-refractivity contribution < 1.29 is 22.7 Å². The number of carbonyl (C=O) groups is 1. The zero-order chi connectivity index (χ0) is 20.9. The first kappa shape index (κ1) is 21.1. The minimum Gasteiger partial charge on any atom is -0.497 e. The Balaban J connectivity index is 1.60. The third-order valence-electron chi connectivity index (χ3n) is 4.82. The first-order valence-corrected chi connectivity index (χ1v) is 11.1. The molecule has 0 aliphatic carbocycles. The molecule has 1 N–H and O–H groups in total. The second kappa shape index (κ2) is 9.28. The van der Waals surface area contributed by atoms with E-state index >= 15 is 0 Å². The molecule has 1 aliphatic heterocycles. The van der Waals surface area contributed by atoms with Crippen LogP contribution in [0.2, 0.25) is 0 Å². The summed E-state index contributed by atoms with van der Waals surface area (Å²) in [5, 5.41) is 2.75. The number of ether oxygens (including phenoxy) is 2. The van der Waals surface area contributed by atoms with Gasteiger partial charge in [-0.1, -0.05) is 6.42 Å². The van der Waals surface area contributed by atoms with Gasteiger partial charge in [0, 0.05) is 18.8 Å². The van der Waals surface area contributed by atoms with E-state index in [1.54, 1.807) is 50.4 Å². The van der Waals surface area contributed by atoms with Gasteiger partial charge < -0.3 is 14.8 Å². The average molecular weight is 419 g/mol. The van der Waals surface area contributed by atoms with E-state index < -0.39 is 16.1 Å². The molecule has 1 saturated heterocycles. The fraction of sp³-hybridized carbons (Fsp3) is 0.381. The highest BCUT2D eigenvalue weighted by Gasteiger charge is 2.25. The van der Waals surface area contributed by atoms with Gasteiger partial charge in [-0.15, -0.1) is 0 Å². The molecule has 0 aromatic heterocycles. The number of piperidine rings is 1. The van der Waals surface area contributed by atoms with Crippen molar-refractivity contribution in [1.82, 2.24) is 4.31 Å². The molecule has 0 spiro atoms. The van der Waals surface area contributed by atoms with Gasteiger partial charge >= 0.3 is 0 Å². The predicted octanol–water partition coefficient (Wildman–Crippen LogP) is 3.28. The van der Waals surface area contributed by atoms with E-state index in [1.165, 1.54) is 16.4 Å². The molecular weight excluding hydrogens is 392 g/mol. The summed E-state index contributed by atoms with van der Waals surface area (Å²) >= 11 is 0.